The van der Waals surface area contributed by atoms with E-state index in [2.05, 4.69) is 81.4 Å². The lowest BCUT2D eigenvalue weighted by Gasteiger charge is -2.49. The fraction of sp³-hybridized carbons (Fsp3) is 0.538. The monoisotopic (exact) mass is 365 g/mol. The highest BCUT2D eigenvalue weighted by molar-refractivity contribution is 5.38. The van der Waals surface area contributed by atoms with Crippen molar-refractivity contribution >= 4 is 0 Å². The molecule has 1 heteroatoms. The molecule has 1 nitrogen and oxygen atoms in total. The van der Waals surface area contributed by atoms with Crippen LogP contribution >= 0.6 is 0 Å². The predicted octanol–water partition coefficient (Wildman–Crippen LogP) is 7.35. The third kappa shape index (κ3) is 4.82. The molecule has 148 valence electrons. The summed E-state index contributed by atoms with van der Waals surface area (Å²) < 4.78 is 0. The van der Waals surface area contributed by atoms with Crippen LogP contribution in [-0.2, 0) is 11.0 Å². The Balaban J connectivity index is 2.35. The van der Waals surface area contributed by atoms with Crippen molar-refractivity contribution in [1.82, 2.24) is 0 Å². The largest absolute Gasteiger partial charge is 0.321 e. The Labute approximate surface area is 167 Å². The van der Waals surface area contributed by atoms with Gasteiger partial charge in [-0.2, -0.15) is 0 Å². The highest BCUT2D eigenvalue weighted by Gasteiger charge is 2.48. The van der Waals surface area contributed by atoms with E-state index in [-0.39, 0.29) is 11.0 Å². The van der Waals surface area contributed by atoms with E-state index in [1.807, 2.05) is 0 Å². The average Bonchev–Trinajstić information content (AvgIpc) is 2.73. The molecule has 2 N–H and O–H groups in total. The average molecular weight is 366 g/mol. The van der Waals surface area contributed by atoms with Gasteiger partial charge in [0, 0.05) is 5.41 Å². The molecule has 27 heavy (non-hydrogen) atoms. The second-order valence-corrected chi connectivity index (χ2v) is 8.01. The van der Waals surface area contributed by atoms with Crippen LogP contribution in [0.1, 0.15) is 89.7 Å². The molecular weight excluding hydrogens is 326 g/mol. The lowest BCUT2D eigenvalue weighted by atomic mass is 9.58. The SMILES string of the molecule is CCCCCCCCC(N)(c1ccccc1)C(CC)(CC)c1ccccc1. The molecule has 0 amide bonds. The van der Waals surface area contributed by atoms with E-state index in [1.54, 1.807) is 0 Å². The molecule has 2 aromatic rings. The number of unbranched alkanes of at least 4 members (excludes halogenated alkanes) is 5. The number of hydrogen-bond acceptors (Lipinski definition) is 1. The second kappa shape index (κ2) is 10.7. The maximum Gasteiger partial charge on any atom is 0.0507 e. The van der Waals surface area contributed by atoms with Crippen LogP contribution in [0.15, 0.2) is 60.7 Å². The normalized spacial score (nSPS) is 14.1. The van der Waals surface area contributed by atoms with Crippen LogP contribution < -0.4 is 5.73 Å². The van der Waals surface area contributed by atoms with Crippen LogP contribution in [0.2, 0.25) is 0 Å². The Morgan fingerprint density at radius 2 is 1.11 bits per heavy atom. The van der Waals surface area contributed by atoms with E-state index in [0.29, 0.717) is 0 Å². The van der Waals surface area contributed by atoms with E-state index in [4.69, 9.17) is 5.73 Å². The Morgan fingerprint density at radius 3 is 1.63 bits per heavy atom. The maximum atomic E-state index is 7.39. The van der Waals surface area contributed by atoms with Gasteiger partial charge in [0.05, 0.1) is 5.54 Å². The van der Waals surface area contributed by atoms with Crippen molar-refractivity contribution in [2.24, 2.45) is 5.73 Å². The molecule has 0 radical (unpaired) electrons. The number of rotatable bonds is 12. The molecule has 0 aliphatic carbocycles. The number of nitrogens with two attached hydrogens (primary N) is 1. The van der Waals surface area contributed by atoms with Gasteiger partial charge in [0.25, 0.3) is 0 Å². The fourth-order valence-electron chi connectivity index (χ4n) is 4.88. The first-order valence-electron chi connectivity index (χ1n) is 11.0. The minimum absolute atomic E-state index is 0.0426. The summed E-state index contributed by atoms with van der Waals surface area (Å²) in [4.78, 5) is 0. The fourth-order valence-corrected chi connectivity index (χ4v) is 4.88. The summed E-state index contributed by atoms with van der Waals surface area (Å²) in [6.45, 7) is 6.89. The molecule has 2 rings (SSSR count). The molecule has 1 atom stereocenters. The third-order valence-corrected chi connectivity index (χ3v) is 6.60. The lowest BCUT2D eigenvalue weighted by Crippen LogP contribution is -2.55. The van der Waals surface area contributed by atoms with Crippen LogP contribution in [0.5, 0.6) is 0 Å². The second-order valence-electron chi connectivity index (χ2n) is 8.01. The van der Waals surface area contributed by atoms with Gasteiger partial charge in [-0.15, -0.1) is 0 Å². The highest BCUT2D eigenvalue weighted by atomic mass is 14.8. The molecule has 0 saturated heterocycles. The van der Waals surface area contributed by atoms with Crippen molar-refractivity contribution < 1.29 is 0 Å². The van der Waals surface area contributed by atoms with Crippen molar-refractivity contribution in [2.45, 2.75) is 89.5 Å². The van der Waals surface area contributed by atoms with Gasteiger partial charge in [-0.05, 0) is 30.4 Å². The van der Waals surface area contributed by atoms with Crippen LogP contribution in [-0.4, -0.2) is 0 Å². The quantitative estimate of drug-likeness (QED) is 0.391. The summed E-state index contributed by atoms with van der Waals surface area (Å²) in [6.07, 6.45) is 11.0. The van der Waals surface area contributed by atoms with Crippen molar-refractivity contribution in [3.8, 4) is 0 Å². The van der Waals surface area contributed by atoms with E-state index in [0.717, 1.165) is 19.3 Å². The molecule has 0 aliphatic heterocycles. The van der Waals surface area contributed by atoms with Crippen molar-refractivity contribution in [3.05, 3.63) is 71.8 Å². The van der Waals surface area contributed by atoms with Crippen molar-refractivity contribution in [2.75, 3.05) is 0 Å². The van der Waals surface area contributed by atoms with Crippen molar-refractivity contribution in [1.29, 1.82) is 0 Å². The zero-order chi connectivity index (χ0) is 19.6. The van der Waals surface area contributed by atoms with E-state index < -0.39 is 0 Å². The predicted molar refractivity (Wildman–Crippen MR) is 119 cm³/mol. The molecule has 0 saturated carbocycles. The van der Waals surface area contributed by atoms with Crippen molar-refractivity contribution in [3.63, 3.8) is 0 Å². The Morgan fingerprint density at radius 1 is 0.630 bits per heavy atom. The van der Waals surface area contributed by atoms with Crippen LogP contribution in [0, 0.1) is 0 Å². The molecule has 0 spiro atoms. The van der Waals surface area contributed by atoms with Crippen LogP contribution in [0.3, 0.4) is 0 Å². The minimum atomic E-state index is -0.343. The van der Waals surface area contributed by atoms with E-state index in [9.17, 15) is 0 Å². The van der Waals surface area contributed by atoms with E-state index in [1.165, 1.54) is 49.7 Å². The Hall–Kier alpha value is -1.60. The number of benzene rings is 2. The molecule has 0 bridgehead atoms. The smallest absolute Gasteiger partial charge is 0.0507 e. The summed E-state index contributed by atoms with van der Waals surface area (Å²) in [5.74, 6) is 0. The van der Waals surface area contributed by atoms with E-state index >= 15 is 0 Å². The Kier molecular flexibility index (Phi) is 8.57. The zero-order valence-electron chi connectivity index (χ0n) is 17.7. The zero-order valence-corrected chi connectivity index (χ0v) is 17.7. The summed E-state index contributed by atoms with van der Waals surface area (Å²) in [5.41, 5.74) is 9.67. The summed E-state index contributed by atoms with van der Waals surface area (Å²) in [5, 5.41) is 0. The van der Waals surface area contributed by atoms with Gasteiger partial charge in [0.15, 0.2) is 0 Å². The first-order valence-corrected chi connectivity index (χ1v) is 11.0. The van der Waals surface area contributed by atoms with Gasteiger partial charge < -0.3 is 5.73 Å². The number of hydrogen-bond donors (Lipinski definition) is 1. The molecular formula is C26H39N. The van der Waals surface area contributed by atoms with Gasteiger partial charge in [0.2, 0.25) is 0 Å². The van der Waals surface area contributed by atoms with Crippen LogP contribution in [0.25, 0.3) is 0 Å². The molecule has 0 heterocycles. The molecule has 0 fully saturated rings. The standard InChI is InChI=1S/C26H39N/c1-4-7-8-9-10-17-22-26(27,24-20-15-12-16-21-24)25(5-2,6-3)23-18-13-11-14-19-23/h11-16,18-21H,4-10,17,22,27H2,1-3H3. The minimum Gasteiger partial charge on any atom is -0.321 e. The first kappa shape index (κ1) is 21.7. The topological polar surface area (TPSA) is 26.0 Å². The highest BCUT2D eigenvalue weighted by Crippen LogP contribution is 2.48. The van der Waals surface area contributed by atoms with Gasteiger partial charge in [0.1, 0.15) is 0 Å². The lowest BCUT2D eigenvalue weighted by molar-refractivity contribution is 0.178. The summed E-state index contributed by atoms with van der Waals surface area (Å²) in [6, 6.07) is 21.8. The Bertz CT molecular complexity index is 630. The molecule has 1 unspecified atom stereocenters. The van der Waals surface area contributed by atoms with Gasteiger partial charge in [-0.1, -0.05) is 120 Å². The molecule has 2 aromatic carbocycles. The summed E-state index contributed by atoms with van der Waals surface area (Å²) in [7, 11) is 0. The maximum absolute atomic E-state index is 7.39. The molecule has 0 aromatic heterocycles. The van der Waals surface area contributed by atoms with Gasteiger partial charge in [-0.25, -0.2) is 0 Å². The van der Waals surface area contributed by atoms with Crippen LogP contribution in [0.4, 0.5) is 0 Å². The first-order chi connectivity index (χ1) is 13.1. The summed E-state index contributed by atoms with van der Waals surface area (Å²) >= 11 is 0. The van der Waals surface area contributed by atoms with Gasteiger partial charge in [-0.3, -0.25) is 0 Å². The third-order valence-electron chi connectivity index (χ3n) is 6.60. The van der Waals surface area contributed by atoms with Gasteiger partial charge >= 0.3 is 0 Å². The molecule has 0 aliphatic rings.